The molecule has 0 bridgehead atoms. The van der Waals surface area contributed by atoms with Gasteiger partial charge in [0.15, 0.2) is 0 Å². The molecule has 58 heavy (non-hydrogen) atoms. The second-order valence-electron chi connectivity index (χ2n) is 16.1. The lowest BCUT2D eigenvalue weighted by Gasteiger charge is -2.45. The van der Waals surface area contributed by atoms with Gasteiger partial charge in [0.1, 0.15) is 17.9 Å². The Balaban J connectivity index is 0.779. The number of rotatable bonds is 7. The van der Waals surface area contributed by atoms with E-state index < -0.39 is 17.8 Å². The summed E-state index contributed by atoms with van der Waals surface area (Å²) in [6.07, 6.45) is 5.75. The number of amides is 5. The Hall–Kier alpha value is -5.53. The average Bonchev–Trinajstić information content (AvgIpc) is 3.53. The summed E-state index contributed by atoms with van der Waals surface area (Å²) in [5.41, 5.74) is 3.35. The first-order chi connectivity index (χ1) is 27.9. The Morgan fingerprint density at radius 3 is 2.38 bits per heavy atom. The number of imide groups is 1. The molecule has 15 nitrogen and oxygen atoms in total. The first kappa shape index (κ1) is 39.3. The Labute approximate surface area is 341 Å². The molecule has 5 amide bonds. The molecule has 5 aliphatic heterocycles. The molecule has 4 fully saturated rings. The number of nitrogens with one attached hydrogen (secondary N) is 2. The second-order valence-corrected chi connectivity index (χ2v) is 16.5. The molecular weight excluding hydrogens is 765 g/mol. The zero-order valence-electron chi connectivity index (χ0n) is 32.7. The van der Waals surface area contributed by atoms with Crippen molar-refractivity contribution in [2.24, 2.45) is 5.92 Å². The molecule has 5 aliphatic rings. The van der Waals surface area contributed by atoms with Crippen molar-refractivity contribution in [3.63, 3.8) is 0 Å². The molecule has 0 saturated carbocycles. The van der Waals surface area contributed by atoms with Gasteiger partial charge < -0.3 is 29.8 Å². The van der Waals surface area contributed by atoms with Gasteiger partial charge in [-0.05, 0) is 74.9 Å². The molecule has 8 rings (SSSR count). The number of nitrogens with zero attached hydrogens (tertiary/aromatic N) is 9. The predicted molar refractivity (Wildman–Crippen MR) is 216 cm³/mol. The van der Waals surface area contributed by atoms with Crippen LogP contribution in [0.25, 0.3) is 0 Å². The van der Waals surface area contributed by atoms with Crippen LogP contribution in [0.4, 0.5) is 32.2 Å². The number of nitriles is 1. The standard InChI is InChI=1S/C41H47ClFN11O4/c1-25-22-53(26(2)21-52(25)31-4-3-28(18-44)33(42)16-31)41(58)47-30-19-45-40(46-20-30)51-9-7-27(8-10-51)23-49-11-13-50(14-12-49)36-15-29-24-54(39(57)32(29)17-34(36)43)35-5-6-37(55)48-38(35)56/h3-4,15-17,19-20,25-27,35H,5-14,21-24H2,1-2H3,(H,47,58)(H,48,55,56)/t25-,26+,35-/m0/s1. The maximum absolute atomic E-state index is 15.4. The van der Waals surface area contributed by atoms with Crippen molar-refractivity contribution in [1.29, 1.82) is 5.26 Å². The third-order valence-electron chi connectivity index (χ3n) is 12.3. The second kappa shape index (κ2) is 16.4. The van der Waals surface area contributed by atoms with Crippen LogP contribution < -0.4 is 25.3 Å². The third kappa shape index (κ3) is 7.97. The van der Waals surface area contributed by atoms with Crippen molar-refractivity contribution >= 4 is 58.4 Å². The van der Waals surface area contributed by atoms with E-state index in [9.17, 15) is 24.4 Å². The molecule has 17 heteroatoms. The van der Waals surface area contributed by atoms with Gasteiger partial charge in [-0.25, -0.2) is 19.2 Å². The summed E-state index contributed by atoms with van der Waals surface area (Å²) in [5.74, 6) is -0.488. The van der Waals surface area contributed by atoms with Crippen LogP contribution in [0.5, 0.6) is 0 Å². The fourth-order valence-corrected chi connectivity index (χ4v) is 9.17. The van der Waals surface area contributed by atoms with Crippen molar-refractivity contribution in [3.05, 3.63) is 70.3 Å². The highest BCUT2D eigenvalue weighted by atomic mass is 35.5. The van der Waals surface area contributed by atoms with Crippen LogP contribution in [-0.2, 0) is 16.1 Å². The molecule has 304 valence electrons. The fourth-order valence-electron chi connectivity index (χ4n) is 8.96. The van der Waals surface area contributed by atoms with Gasteiger partial charge in [-0.15, -0.1) is 0 Å². The number of halogens is 2. The lowest BCUT2D eigenvalue weighted by molar-refractivity contribution is -0.136. The molecule has 4 saturated heterocycles. The summed E-state index contributed by atoms with van der Waals surface area (Å²) < 4.78 is 15.4. The van der Waals surface area contributed by atoms with Crippen molar-refractivity contribution in [1.82, 2.24) is 30.0 Å². The monoisotopic (exact) mass is 811 g/mol. The fraction of sp³-hybridized carbons (Fsp3) is 0.488. The number of hydrogen-bond donors (Lipinski definition) is 2. The maximum Gasteiger partial charge on any atom is 0.322 e. The minimum absolute atomic E-state index is 0.0363. The summed E-state index contributed by atoms with van der Waals surface area (Å²) in [6, 6.07) is 9.60. The van der Waals surface area contributed by atoms with E-state index in [1.807, 2.05) is 22.8 Å². The van der Waals surface area contributed by atoms with Gasteiger partial charge in [0.05, 0.1) is 34.4 Å². The number of piperidine rings is 2. The van der Waals surface area contributed by atoms with Crippen molar-refractivity contribution in [2.45, 2.75) is 64.2 Å². The number of benzene rings is 2. The van der Waals surface area contributed by atoms with E-state index >= 15 is 4.39 Å². The maximum atomic E-state index is 15.4. The zero-order valence-corrected chi connectivity index (χ0v) is 33.4. The van der Waals surface area contributed by atoms with Gasteiger partial charge in [0.2, 0.25) is 17.8 Å². The Morgan fingerprint density at radius 1 is 0.948 bits per heavy atom. The number of piperazine rings is 2. The Kier molecular flexibility index (Phi) is 11.1. The van der Waals surface area contributed by atoms with Gasteiger partial charge in [-0.1, -0.05) is 11.6 Å². The number of aromatic nitrogens is 2. The van der Waals surface area contributed by atoms with Crippen LogP contribution in [0.15, 0.2) is 42.7 Å². The molecule has 0 unspecified atom stereocenters. The smallest absolute Gasteiger partial charge is 0.322 e. The van der Waals surface area contributed by atoms with Crippen LogP contribution in [-0.4, -0.2) is 125 Å². The van der Waals surface area contributed by atoms with Crippen LogP contribution in [0.3, 0.4) is 0 Å². The number of anilines is 4. The number of carbonyl (C=O) groups is 4. The van der Waals surface area contributed by atoms with Crippen LogP contribution in [0.1, 0.15) is 61.0 Å². The third-order valence-corrected chi connectivity index (χ3v) is 12.6. The van der Waals surface area contributed by atoms with Crippen LogP contribution in [0.2, 0.25) is 5.02 Å². The van der Waals surface area contributed by atoms with Crippen LogP contribution >= 0.6 is 11.6 Å². The highest BCUT2D eigenvalue weighted by Crippen LogP contribution is 2.34. The first-order valence-corrected chi connectivity index (χ1v) is 20.4. The highest BCUT2D eigenvalue weighted by molar-refractivity contribution is 6.32. The first-order valence-electron chi connectivity index (χ1n) is 20.0. The summed E-state index contributed by atoms with van der Waals surface area (Å²) in [5, 5.41) is 14.9. The van der Waals surface area contributed by atoms with Gasteiger partial charge in [-0.2, -0.15) is 5.26 Å². The molecule has 0 radical (unpaired) electrons. The number of fused-ring (bicyclic) bond motifs is 1. The number of hydrogen-bond acceptors (Lipinski definition) is 11. The predicted octanol–water partition coefficient (Wildman–Crippen LogP) is 4.07. The van der Waals surface area contributed by atoms with Crippen molar-refractivity contribution < 1.29 is 23.6 Å². The van der Waals surface area contributed by atoms with E-state index in [1.165, 1.54) is 11.0 Å². The van der Waals surface area contributed by atoms with E-state index in [-0.39, 0.29) is 54.9 Å². The van der Waals surface area contributed by atoms with Gasteiger partial charge >= 0.3 is 6.03 Å². The summed E-state index contributed by atoms with van der Waals surface area (Å²) >= 11 is 6.30. The molecular formula is C41H47ClFN11O4. The van der Waals surface area contributed by atoms with E-state index in [1.54, 1.807) is 30.6 Å². The highest BCUT2D eigenvalue weighted by Gasteiger charge is 2.40. The Bertz CT molecular complexity index is 2130. The van der Waals surface area contributed by atoms with Gasteiger partial charge in [0, 0.05) is 95.2 Å². The topological polar surface area (TPSA) is 161 Å². The minimum atomic E-state index is -0.732. The average molecular weight is 812 g/mol. The van der Waals surface area contributed by atoms with Gasteiger partial charge in [0.25, 0.3) is 5.91 Å². The Morgan fingerprint density at radius 2 is 1.69 bits per heavy atom. The quantitative estimate of drug-likeness (QED) is 0.331. The van der Waals surface area contributed by atoms with E-state index in [4.69, 9.17) is 11.6 Å². The number of carbonyl (C=O) groups excluding carboxylic acids is 4. The lowest BCUT2D eigenvalue weighted by atomic mass is 9.96. The molecule has 0 aliphatic carbocycles. The van der Waals surface area contributed by atoms with Crippen LogP contribution in [0, 0.1) is 23.1 Å². The molecule has 6 heterocycles. The molecule has 2 aromatic carbocycles. The SMILES string of the molecule is C[C@@H]1CN(c2ccc(C#N)c(Cl)c2)[C@@H](C)CN1C(=O)Nc1cnc(N2CCC(CN3CCN(c4cc5c(cc4F)C(=O)N([C@H]4CCC(=O)NC4=O)C5)CC3)CC2)nc1. The molecule has 2 N–H and O–H groups in total. The summed E-state index contributed by atoms with van der Waals surface area (Å²) in [4.78, 5) is 71.8. The summed E-state index contributed by atoms with van der Waals surface area (Å²) in [7, 11) is 0. The van der Waals surface area contributed by atoms with E-state index in [2.05, 4.69) is 48.3 Å². The molecule has 3 atom stereocenters. The zero-order chi connectivity index (χ0) is 40.7. The van der Waals surface area contributed by atoms with Gasteiger partial charge in [-0.3, -0.25) is 24.6 Å². The molecule has 3 aromatic rings. The summed E-state index contributed by atoms with van der Waals surface area (Å²) in [6.45, 7) is 11.0. The number of urea groups is 1. The molecule has 1 aromatic heterocycles. The largest absolute Gasteiger partial charge is 0.367 e. The van der Waals surface area contributed by atoms with E-state index in [0.29, 0.717) is 65.6 Å². The van der Waals surface area contributed by atoms with E-state index in [0.717, 1.165) is 51.3 Å². The molecule has 0 spiro atoms. The minimum Gasteiger partial charge on any atom is -0.367 e. The van der Waals surface area contributed by atoms with Crippen molar-refractivity contribution in [2.75, 3.05) is 78.9 Å². The van der Waals surface area contributed by atoms with Crippen molar-refractivity contribution in [3.8, 4) is 6.07 Å². The lowest BCUT2D eigenvalue weighted by Crippen LogP contribution is -2.59. The normalized spacial score (nSPS) is 23.2.